The van der Waals surface area contributed by atoms with Crippen molar-refractivity contribution in [3.05, 3.63) is 53.6 Å². The summed E-state index contributed by atoms with van der Waals surface area (Å²) >= 11 is 0. The molecule has 1 N–H and O–H groups in total. The van der Waals surface area contributed by atoms with Crippen LogP contribution in [0.3, 0.4) is 0 Å². The summed E-state index contributed by atoms with van der Waals surface area (Å²) in [7, 11) is 2.05. The zero-order chi connectivity index (χ0) is 16.5. The molecule has 0 bridgehead atoms. The highest BCUT2D eigenvalue weighted by molar-refractivity contribution is 5.96. The predicted molar refractivity (Wildman–Crippen MR) is 90.5 cm³/mol. The van der Waals surface area contributed by atoms with Crippen molar-refractivity contribution in [3.63, 3.8) is 0 Å². The Kier molecular flexibility index (Phi) is 3.86. The average molecular weight is 325 g/mol. The highest BCUT2D eigenvalue weighted by Gasteiger charge is 2.26. The molecule has 0 radical (unpaired) electrons. The molecule has 0 fully saturated rings. The Labute approximate surface area is 141 Å². The Balaban J connectivity index is 1.39. The first kappa shape index (κ1) is 15.0. The number of rotatable bonds is 4. The third kappa shape index (κ3) is 2.83. The average Bonchev–Trinajstić information content (AvgIpc) is 3.20. The van der Waals surface area contributed by atoms with Gasteiger partial charge in [-0.1, -0.05) is 18.2 Å². The molecule has 5 heteroatoms. The summed E-state index contributed by atoms with van der Waals surface area (Å²) in [4.78, 5) is 15.7. The molecule has 0 aliphatic carbocycles. The summed E-state index contributed by atoms with van der Waals surface area (Å²) in [5.41, 5.74) is 3.48. The Morgan fingerprint density at radius 2 is 2.00 bits per heavy atom. The van der Waals surface area contributed by atoms with Crippen LogP contribution in [0.1, 0.15) is 11.1 Å². The lowest BCUT2D eigenvalue weighted by Crippen LogP contribution is -3.08. The predicted octanol–water partition coefficient (Wildman–Crippen LogP) is 1.02. The summed E-state index contributed by atoms with van der Waals surface area (Å²) in [6.07, 6.45) is 0.948. The van der Waals surface area contributed by atoms with E-state index >= 15 is 0 Å². The molecule has 1 atom stereocenters. The van der Waals surface area contributed by atoms with Crippen molar-refractivity contribution in [2.24, 2.45) is 0 Å². The topological polar surface area (TPSA) is 43.2 Å². The van der Waals surface area contributed by atoms with E-state index in [0.29, 0.717) is 6.54 Å². The van der Waals surface area contributed by atoms with E-state index in [1.807, 2.05) is 48.3 Å². The number of benzene rings is 2. The van der Waals surface area contributed by atoms with Crippen molar-refractivity contribution in [2.75, 3.05) is 31.8 Å². The van der Waals surface area contributed by atoms with E-state index in [2.05, 4.69) is 6.07 Å². The van der Waals surface area contributed by atoms with Gasteiger partial charge >= 0.3 is 0 Å². The lowest BCUT2D eigenvalue weighted by Gasteiger charge is -2.20. The van der Waals surface area contributed by atoms with E-state index in [9.17, 15) is 4.79 Å². The summed E-state index contributed by atoms with van der Waals surface area (Å²) in [5, 5.41) is 0. The molecule has 2 aliphatic heterocycles. The maximum Gasteiger partial charge on any atom is 0.282 e. The number of likely N-dealkylation sites (N-methyl/N-ethyl adjacent to an activating group) is 1. The van der Waals surface area contributed by atoms with Gasteiger partial charge < -0.3 is 19.3 Å². The molecule has 2 aromatic carbocycles. The van der Waals surface area contributed by atoms with Crippen molar-refractivity contribution in [3.8, 4) is 11.5 Å². The minimum absolute atomic E-state index is 0.179. The third-order valence-corrected chi connectivity index (χ3v) is 4.58. The molecular weight excluding hydrogens is 304 g/mol. The smallest absolute Gasteiger partial charge is 0.282 e. The lowest BCUT2D eigenvalue weighted by atomic mass is 10.2. The van der Waals surface area contributed by atoms with Gasteiger partial charge in [-0.15, -0.1) is 0 Å². The van der Waals surface area contributed by atoms with Crippen molar-refractivity contribution >= 4 is 11.6 Å². The summed E-state index contributed by atoms with van der Waals surface area (Å²) in [6.45, 7) is 2.32. The Bertz CT molecular complexity index is 775. The lowest BCUT2D eigenvalue weighted by molar-refractivity contribution is -0.885. The van der Waals surface area contributed by atoms with Crippen molar-refractivity contribution in [1.29, 1.82) is 0 Å². The molecule has 0 spiro atoms. The fraction of sp³-hybridized carbons (Fsp3) is 0.316. The van der Waals surface area contributed by atoms with Crippen molar-refractivity contribution < 1.29 is 19.2 Å². The zero-order valence-electron chi connectivity index (χ0n) is 13.7. The molecule has 0 saturated carbocycles. The molecule has 1 amide bonds. The molecule has 2 aliphatic rings. The number of fused-ring (bicyclic) bond motifs is 2. The maximum atomic E-state index is 12.7. The SMILES string of the molecule is C[NH+](CC(=O)N1CCc2ccccc21)Cc1ccc2c(c1)OCO2. The van der Waals surface area contributed by atoms with E-state index in [0.717, 1.165) is 47.2 Å². The number of para-hydroxylation sites is 1. The number of hydrogen-bond acceptors (Lipinski definition) is 3. The largest absolute Gasteiger partial charge is 0.454 e. The van der Waals surface area contributed by atoms with Crippen LogP contribution in [0.4, 0.5) is 5.69 Å². The summed E-state index contributed by atoms with van der Waals surface area (Å²) in [5.74, 6) is 1.76. The van der Waals surface area contributed by atoms with Gasteiger partial charge in [0.05, 0.1) is 7.05 Å². The van der Waals surface area contributed by atoms with Crippen LogP contribution < -0.4 is 19.3 Å². The monoisotopic (exact) mass is 325 g/mol. The van der Waals surface area contributed by atoms with Crippen LogP contribution in [0.2, 0.25) is 0 Å². The second-order valence-corrected chi connectivity index (χ2v) is 6.42. The maximum absolute atomic E-state index is 12.7. The van der Waals surface area contributed by atoms with Gasteiger partial charge in [-0.05, 0) is 36.2 Å². The fourth-order valence-electron chi connectivity index (χ4n) is 3.41. The highest BCUT2D eigenvalue weighted by Crippen LogP contribution is 2.32. The van der Waals surface area contributed by atoms with E-state index in [1.54, 1.807) is 0 Å². The van der Waals surface area contributed by atoms with Gasteiger partial charge in [0.15, 0.2) is 18.0 Å². The second kappa shape index (κ2) is 6.17. The number of nitrogens with zero attached hydrogens (tertiary/aromatic N) is 1. The minimum atomic E-state index is 0.179. The Hall–Kier alpha value is -2.53. The summed E-state index contributed by atoms with van der Waals surface area (Å²) < 4.78 is 10.7. The van der Waals surface area contributed by atoms with Gasteiger partial charge in [-0.2, -0.15) is 0 Å². The number of ether oxygens (including phenoxy) is 2. The van der Waals surface area contributed by atoms with Gasteiger partial charge in [-0.3, -0.25) is 4.79 Å². The highest BCUT2D eigenvalue weighted by atomic mass is 16.7. The molecule has 0 aromatic heterocycles. The van der Waals surface area contributed by atoms with Crippen LogP contribution in [0.15, 0.2) is 42.5 Å². The van der Waals surface area contributed by atoms with Gasteiger partial charge in [-0.25, -0.2) is 0 Å². The molecule has 2 aromatic rings. The first-order valence-corrected chi connectivity index (χ1v) is 8.29. The minimum Gasteiger partial charge on any atom is -0.454 e. The van der Waals surface area contributed by atoms with Crippen molar-refractivity contribution in [2.45, 2.75) is 13.0 Å². The van der Waals surface area contributed by atoms with Crippen molar-refractivity contribution in [1.82, 2.24) is 0 Å². The summed E-state index contributed by atoms with van der Waals surface area (Å²) in [6, 6.07) is 14.1. The number of quaternary nitrogens is 1. The van der Waals surface area contributed by atoms with Gasteiger partial charge in [0.1, 0.15) is 6.54 Å². The molecule has 0 saturated heterocycles. The van der Waals surface area contributed by atoms with Gasteiger partial charge in [0.25, 0.3) is 5.91 Å². The van der Waals surface area contributed by atoms with Crippen LogP contribution in [0, 0.1) is 0 Å². The number of carbonyl (C=O) groups excluding carboxylic acids is 1. The molecule has 5 nitrogen and oxygen atoms in total. The van der Waals surface area contributed by atoms with Gasteiger partial charge in [0.2, 0.25) is 6.79 Å². The normalized spacial score (nSPS) is 16.1. The molecule has 24 heavy (non-hydrogen) atoms. The molecule has 124 valence electrons. The number of hydrogen-bond donors (Lipinski definition) is 1. The van der Waals surface area contributed by atoms with E-state index < -0.39 is 0 Å². The van der Waals surface area contributed by atoms with Crippen LogP contribution in [-0.2, 0) is 17.8 Å². The standard InChI is InChI=1S/C19H20N2O3/c1-20(11-14-6-7-17-18(10-14)24-13-23-17)12-19(22)21-9-8-15-4-2-3-5-16(15)21/h2-7,10H,8-9,11-13H2,1H3/p+1. The second-order valence-electron chi connectivity index (χ2n) is 6.42. The number of anilines is 1. The van der Waals surface area contributed by atoms with Crippen LogP contribution in [0.5, 0.6) is 11.5 Å². The molecule has 4 rings (SSSR count). The third-order valence-electron chi connectivity index (χ3n) is 4.58. The van der Waals surface area contributed by atoms with Crippen LogP contribution >= 0.6 is 0 Å². The quantitative estimate of drug-likeness (QED) is 0.913. The van der Waals surface area contributed by atoms with Crippen LogP contribution in [0.25, 0.3) is 0 Å². The van der Waals surface area contributed by atoms with Crippen LogP contribution in [-0.4, -0.2) is 32.8 Å². The Morgan fingerprint density at radius 3 is 2.92 bits per heavy atom. The fourth-order valence-corrected chi connectivity index (χ4v) is 3.41. The molecular formula is C19H21N2O3+. The van der Waals surface area contributed by atoms with E-state index in [-0.39, 0.29) is 12.7 Å². The van der Waals surface area contributed by atoms with Gasteiger partial charge in [0, 0.05) is 17.8 Å². The number of amides is 1. The first-order chi connectivity index (χ1) is 11.7. The number of carbonyl (C=O) groups is 1. The van der Waals surface area contributed by atoms with E-state index in [4.69, 9.17) is 9.47 Å². The van der Waals surface area contributed by atoms with E-state index in [1.165, 1.54) is 5.56 Å². The number of nitrogens with one attached hydrogen (secondary N) is 1. The zero-order valence-corrected chi connectivity index (χ0v) is 13.7. The molecule has 1 unspecified atom stereocenters. The first-order valence-electron chi connectivity index (χ1n) is 8.29. The Morgan fingerprint density at radius 1 is 1.17 bits per heavy atom. The molecule has 2 heterocycles.